The fourth-order valence-electron chi connectivity index (χ4n) is 2.29. The number of aryl methyl sites for hydroxylation is 1. The molecule has 3 heteroatoms. The summed E-state index contributed by atoms with van der Waals surface area (Å²) >= 11 is 5.82. The predicted molar refractivity (Wildman–Crippen MR) is 82.7 cm³/mol. The Balaban J connectivity index is 2.38. The maximum Gasteiger partial charge on any atom is 0.129 e. The van der Waals surface area contributed by atoms with Crippen LogP contribution in [0.2, 0.25) is 5.02 Å². The van der Waals surface area contributed by atoms with E-state index < -0.39 is 0 Å². The average Bonchev–Trinajstić information content (AvgIpc) is 2.46. The lowest BCUT2D eigenvalue weighted by Gasteiger charge is -2.20. The summed E-state index contributed by atoms with van der Waals surface area (Å²) in [5, 5.41) is 3.75. The summed E-state index contributed by atoms with van der Waals surface area (Å²) < 4.78 is 14.1. The smallest absolute Gasteiger partial charge is 0.129 e. The average molecular weight is 292 g/mol. The van der Waals surface area contributed by atoms with Crippen LogP contribution in [0, 0.1) is 5.82 Å². The van der Waals surface area contributed by atoms with Crippen molar-refractivity contribution in [3.05, 3.63) is 70.0 Å². The number of halogens is 2. The van der Waals surface area contributed by atoms with Crippen LogP contribution in [0.4, 0.5) is 4.39 Å². The topological polar surface area (TPSA) is 12.0 Å². The van der Waals surface area contributed by atoms with E-state index >= 15 is 0 Å². The van der Waals surface area contributed by atoms with Crippen LogP contribution in [0.3, 0.4) is 0 Å². The summed E-state index contributed by atoms with van der Waals surface area (Å²) in [5.74, 6) is -0.275. The highest BCUT2D eigenvalue weighted by Crippen LogP contribution is 2.26. The molecular weight excluding hydrogens is 273 g/mol. The highest BCUT2D eigenvalue weighted by Gasteiger charge is 2.17. The number of hydrogen-bond acceptors (Lipinski definition) is 1. The molecule has 0 spiro atoms. The van der Waals surface area contributed by atoms with Gasteiger partial charge >= 0.3 is 0 Å². The van der Waals surface area contributed by atoms with Gasteiger partial charge in [0.2, 0.25) is 0 Å². The van der Waals surface area contributed by atoms with Gasteiger partial charge in [-0.25, -0.2) is 4.39 Å². The fourth-order valence-corrected chi connectivity index (χ4v) is 2.45. The van der Waals surface area contributed by atoms with E-state index in [0.29, 0.717) is 10.6 Å². The summed E-state index contributed by atoms with van der Waals surface area (Å²) in [6.45, 7) is 4.90. The lowest BCUT2D eigenvalue weighted by atomic mass is 9.97. The van der Waals surface area contributed by atoms with Crippen molar-refractivity contribution in [1.29, 1.82) is 0 Å². The molecule has 106 valence electrons. The van der Waals surface area contributed by atoms with Crippen LogP contribution in [0.15, 0.2) is 42.5 Å². The standard InChI is InChI=1S/C17H19ClFN/c1-3-12-5-7-13(8-6-12)17(20-4-2)15-10-9-14(18)11-16(15)19/h5-11,17,20H,3-4H2,1-2H3. The van der Waals surface area contributed by atoms with Crippen LogP contribution in [-0.4, -0.2) is 6.54 Å². The van der Waals surface area contributed by atoms with Crippen molar-refractivity contribution in [3.63, 3.8) is 0 Å². The van der Waals surface area contributed by atoms with Crippen molar-refractivity contribution < 1.29 is 4.39 Å². The van der Waals surface area contributed by atoms with Crippen LogP contribution in [0.5, 0.6) is 0 Å². The first-order valence-electron chi connectivity index (χ1n) is 6.92. The second kappa shape index (κ2) is 6.87. The molecule has 0 fully saturated rings. The molecule has 1 N–H and O–H groups in total. The summed E-state index contributed by atoms with van der Waals surface area (Å²) in [6.07, 6.45) is 1.00. The van der Waals surface area contributed by atoms with Gasteiger partial charge in [0.15, 0.2) is 0 Å². The zero-order valence-electron chi connectivity index (χ0n) is 11.8. The third-order valence-electron chi connectivity index (χ3n) is 3.40. The molecule has 1 unspecified atom stereocenters. The molecule has 0 radical (unpaired) electrons. The molecule has 0 heterocycles. The Morgan fingerprint density at radius 1 is 1.10 bits per heavy atom. The maximum atomic E-state index is 14.1. The second-order valence-electron chi connectivity index (χ2n) is 4.75. The van der Waals surface area contributed by atoms with E-state index in [-0.39, 0.29) is 11.9 Å². The Bertz CT molecular complexity index is 566. The Hall–Kier alpha value is -1.38. The summed E-state index contributed by atoms with van der Waals surface area (Å²) in [7, 11) is 0. The Labute approximate surface area is 124 Å². The molecule has 0 aliphatic carbocycles. The summed E-state index contributed by atoms with van der Waals surface area (Å²) in [4.78, 5) is 0. The van der Waals surface area contributed by atoms with E-state index in [1.54, 1.807) is 12.1 Å². The van der Waals surface area contributed by atoms with Crippen molar-refractivity contribution in [1.82, 2.24) is 5.32 Å². The van der Waals surface area contributed by atoms with E-state index in [4.69, 9.17) is 11.6 Å². The van der Waals surface area contributed by atoms with E-state index in [0.717, 1.165) is 18.5 Å². The molecule has 0 bridgehead atoms. The van der Waals surface area contributed by atoms with Gasteiger partial charge in [0, 0.05) is 10.6 Å². The van der Waals surface area contributed by atoms with Gasteiger partial charge in [0.05, 0.1) is 6.04 Å². The van der Waals surface area contributed by atoms with Gasteiger partial charge in [0.25, 0.3) is 0 Å². The third kappa shape index (κ3) is 3.38. The Morgan fingerprint density at radius 2 is 1.80 bits per heavy atom. The lowest BCUT2D eigenvalue weighted by molar-refractivity contribution is 0.559. The molecule has 2 rings (SSSR count). The fraction of sp³-hybridized carbons (Fsp3) is 0.294. The Kier molecular flexibility index (Phi) is 5.16. The van der Waals surface area contributed by atoms with Crippen LogP contribution in [-0.2, 0) is 6.42 Å². The van der Waals surface area contributed by atoms with Crippen molar-refractivity contribution in [2.75, 3.05) is 6.54 Å². The molecule has 0 aliphatic heterocycles. The van der Waals surface area contributed by atoms with Gasteiger partial charge in [0.1, 0.15) is 5.82 Å². The molecule has 0 aliphatic rings. The van der Waals surface area contributed by atoms with Crippen LogP contribution in [0.25, 0.3) is 0 Å². The van der Waals surface area contributed by atoms with Gasteiger partial charge in [-0.15, -0.1) is 0 Å². The zero-order valence-corrected chi connectivity index (χ0v) is 12.5. The maximum absolute atomic E-state index is 14.1. The highest BCUT2D eigenvalue weighted by atomic mass is 35.5. The molecule has 1 nitrogen and oxygen atoms in total. The third-order valence-corrected chi connectivity index (χ3v) is 3.64. The summed E-state index contributed by atoms with van der Waals surface area (Å²) in [5.41, 5.74) is 2.96. The monoisotopic (exact) mass is 291 g/mol. The minimum absolute atomic E-state index is 0.150. The number of hydrogen-bond donors (Lipinski definition) is 1. The van der Waals surface area contributed by atoms with Gasteiger partial charge in [-0.3, -0.25) is 0 Å². The van der Waals surface area contributed by atoms with Crippen molar-refractivity contribution in [2.45, 2.75) is 26.3 Å². The predicted octanol–water partition coefficient (Wildman–Crippen LogP) is 4.74. The van der Waals surface area contributed by atoms with E-state index in [9.17, 15) is 4.39 Å². The molecule has 0 saturated carbocycles. The van der Waals surface area contributed by atoms with Crippen LogP contribution in [0.1, 0.15) is 36.6 Å². The van der Waals surface area contributed by atoms with Crippen molar-refractivity contribution >= 4 is 11.6 Å². The minimum Gasteiger partial charge on any atom is -0.306 e. The first-order valence-corrected chi connectivity index (χ1v) is 7.30. The van der Waals surface area contributed by atoms with Gasteiger partial charge < -0.3 is 5.32 Å². The number of nitrogens with one attached hydrogen (secondary N) is 1. The molecule has 20 heavy (non-hydrogen) atoms. The van der Waals surface area contributed by atoms with Crippen molar-refractivity contribution in [3.8, 4) is 0 Å². The molecule has 0 amide bonds. The first-order chi connectivity index (χ1) is 9.65. The molecule has 2 aromatic carbocycles. The molecule has 0 saturated heterocycles. The van der Waals surface area contributed by atoms with Crippen molar-refractivity contribution in [2.24, 2.45) is 0 Å². The zero-order chi connectivity index (χ0) is 14.5. The van der Waals surface area contributed by atoms with Crippen LogP contribution >= 0.6 is 11.6 Å². The Morgan fingerprint density at radius 3 is 2.35 bits per heavy atom. The van der Waals surface area contributed by atoms with Gasteiger partial charge in [-0.2, -0.15) is 0 Å². The minimum atomic E-state index is -0.275. The molecule has 1 atom stereocenters. The largest absolute Gasteiger partial charge is 0.306 e. The summed E-state index contributed by atoms with van der Waals surface area (Å²) in [6, 6.07) is 13.0. The SMILES string of the molecule is CCNC(c1ccc(CC)cc1)c1ccc(Cl)cc1F. The molecule has 0 aromatic heterocycles. The van der Waals surface area contributed by atoms with Crippen LogP contribution < -0.4 is 5.32 Å². The lowest BCUT2D eigenvalue weighted by Crippen LogP contribution is -2.23. The van der Waals surface area contributed by atoms with Gasteiger partial charge in [-0.1, -0.05) is 55.8 Å². The second-order valence-corrected chi connectivity index (χ2v) is 5.19. The van der Waals surface area contributed by atoms with E-state index in [2.05, 4.69) is 36.5 Å². The van der Waals surface area contributed by atoms with E-state index in [1.807, 2.05) is 6.92 Å². The number of benzene rings is 2. The molecular formula is C17H19ClFN. The quantitative estimate of drug-likeness (QED) is 0.839. The normalized spacial score (nSPS) is 12.4. The van der Waals surface area contributed by atoms with Gasteiger partial charge in [-0.05, 0) is 36.2 Å². The highest BCUT2D eigenvalue weighted by molar-refractivity contribution is 6.30. The number of rotatable bonds is 5. The molecule has 2 aromatic rings. The van der Waals surface area contributed by atoms with E-state index in [1.165, 1.54) is 11.6 Å². The first kappa shape index (κ1) is 15.0.